The van der Waals surface area contributed by atoms with Crippen molar-refractivity contribution in [3.63, 3.8) is 0 Å². The smallest absolute Gasteiger partial charge is 0.339 e. The van der Waals surface area contributed by atoms with Gasteiger partial charge >= 0.3 is 11.9 Å². The zero-order valence-corrected chi connectivity index (χ0v) is 11.1. The quantitative estimate of drug-likeness (QED) is 0.834. The molecule has 0 saturated carbocycles. The molecule has 1 aromatic rings. The van der Waals surface area contributed by atoms with Gasteiger partial charge in [0.25, 0.3) is 0 Å². The summed E-state index contributed by atoms with van der Waals surface area (Å²) in [4.78, 5) is 23.2. The summed E-state index contributed by atoms with van der Waals surface area (Å²) in [5.41, 5.74) is 6.57. The number of nitrogens with two attached hydrogens (primary N) is 1. The minimum atomic E-state index is -0.565. The van der Waals surface area contributed by atoms with E-state index in [9.17, 15) is 9.59 Å². The van der Waals surface area contributed by atoms with Gasteiger partial charge in [-0.1, -0.05) is 12.1 Å². The highest BCUT2D eigenvalue weighted by molar-refractivity contribution is 6.04. The molecule has 0 aromatic heterocycles. The maximum atomic E-state index is 11.7. The average Bonchev–Trinajstić information content (AvgIpc) is 2.37. The van der Waals surface area contributed by atoms with Gasteiger partial charge in [0.05, 0.1) is 25.3 Å². The van der Waals surface area contributed by atoms with Crippen LogP contribution < -0.4 is 5.73 Å². The summed E-state index contributed by atoms with van der Waals surface area (Å²) in [6, 6.07) is 4.95. The predicted molar refractivity (Wildman–Crippen MR) is 69.1 cm³/mol. The third kappa shape index (κ3) is 3.45. The van der Waals surface area contributed by atoms with Crippen LogP contribution in [0, 0.1) is 0 Å². The van der Waals surface area contributed by atoms with Crippen LogP contribution >= 0.6 is 12.4 Å². The Morgan fingerprint density at radius 3 is 2.28 bits per heavy atom. The third-order valence-corrected chi connectivity index (χ3v) is 2.36. The monoisotopic (exact) mass is 273 g/mol. The van der Waals surface area contributed by atoms with Crippen LogP contribution in [0.5, 0.6) is 0 Å². The summed E-state index contributed by atoms with van der Waals surface area (Å²) < 4.78 is 9.30. The molecule has 0 bridgehead atoms. The second kappa shape index (κ2) is 7.68. The van der Waals surface area contributed by atoms with E-state index in [1.807, 2.05) is 0 Å². The van der Waals surface area contributed by atoms with Crippen LogP contribution in [0.4, 0.5) is 0 Å². The number of hydrogen-bond donors (Lipinski definition) is 1. The van der Waals surface area contributed by atoms with Gasteiger partial charge in [0.1, 0.15) is 0 Å². The standard InChI is InChI=1S/C12H15NO4.ClH/c1-16-11(14)9-5-3-4-8(6-7-13)10(9)12(15)17-2;/h3-5H,6-7,13H2,1-2H3;1H. The predicted octanol–water partition coefficient (Wildman–Crippen LogP) is 1.18. The molecule has 0 saturated heterocycles. The molecule has 0 amide bonds. The van der Waals surface area contributed by atoms with Crippen molar-refractivity contribution in [3.8, 4) is 0 Å². The van der Waals surface area contributed by atoms with Gasteiger partial charge in [0.2, 0.25) is 0 Å². The minimum Gasteiger partial charge on any atom is -0.465 e. The lowest BCUT2D eigenvalue weighted by Crippen LogP contribution is -2.16. The molecule has 0 radical (unpaired) electrons. The van der Waals surface area contributed by atoms with E-state index in [1.54, 1.807) is 12.1 Å². The van der Waals surface area contributed by atoms with Crippen LogP contribution in [0.3, 0.4) is 0 Å². The Labute approximate surface area is 112 Å². The summed E-state index contributed by atoms with van der Waals surface area (Å²) in [5.74, 6) is -1.13. The zero-order valence-electron chi connectivity index (χ0n) is 10.3. The van der Waals surface area contributed by atoms with Crippen molar-refractivity contribution in [3.05, 3.63) is 34.9 Å². The molecule has 0 atom stereocenters. The molecular formula is C12H16ClNO4. The van der Waals surface area contributed by atoms with E-state index in [2.05, 4.69) is 9.47 Å². The Hall–Kier alpha value is -1.59. The highest BCUT2D eigenvalue weighted by atomic mass is 35.5. The first kappa shape index (κ1) is 16.4. The normalized spacial score (nSPS) is 9.28. The molecule has 18 heavy (non-hydrogen) atoms. The van der Waals surface area contributed by atoms with E-state index < -0.39 is 11.9 Å². The summed E-state index contributed by atoms with van der Waals surface area (Å²) in [7, 11) is 2.53. The fourth-order valence-electron chi connectivity index (χ4n) is 1.59. The molecule has 100 valence electrons. The van der Waals surface area contributed by atoms with Gasteiger partial charge < -0.3 is 15.2 Å². The molecule has 5 nitrogen and oxygen atoms in total. The molecule has 0 heterocycles. The van der Waals surface area contributed by atoms with Gasteiger partial charge in [-0.2, -0.15) is 0 Å². The fourth-order valence-corrected chi connectivity index (χ4v) is 1.59. The van der Waals surface area contributed by atoms with Crippen LogP contribution in [-0.4, -0.2) is 32.7 Å². The average molecular weight is 274 g/mol. The van der Waals surface area contributed by atoms with E-state index in [4.69, 9.17) is 5.73 Å². The van der Waals surface area contributed by atoms with E-state index in [0.717, 1.165) is 0 Å². The Morgan fingerprint density at radius 1 is 1.17 bits per heavy atom. The highest BCUT2D eigenvalue weighted by Crippen LogP contribution is 2.17. The maximum absolute atomic E-state index is 11.7. The first-order valence-electron chi connectivity index (χ1n) is 5.14. The number of methoxy groups -OCH3 is 2. The molecular weight excluding hydrogens is 258 g/mol. The Kier molecular flexibility index (Phi) is 7.00. The molecule has 0 spiro atoms. The Morgan fingerprint density at radius 2 is 1.78 bits per heavy atom. The molecule has 0 unspecified atom stereocenters. The van der Waals surface area contributed by atoms with Crippen molar-refractivity contribution >= 4 is 24.3 Å². The first-order chi connectivity index (χ1) is 8.15. The minimum absolute atomic E-state index is 0. The van der Waals surface area contributed by atoms with Crippen LogP contribution in [0.25, 0.3) is 0 Å². The largest absolute Gasteiger partial charge is 0.465 e. The molecule has 0 aliphatic carbocycles. The second-order valence-electron chi connectivity index (χ2n) is 3.36. The number of carbonyl (C=O) groups excluding carboxylic acids is 2. The lowest BCUT2D eigenvalue weighted by molar-refractivity contribution is 0.0554. The number of halogens is 1. The van der Waals surface area contributed by atoms with Crippen molar-refractivity contribution < 1.29 is 19.1 Å². The molecule has 2 N–H and O–H groups in total. The van der Waals surface area contributed by atoms with Gasteiger partial charge in [0.15, 0.2) is 0 Å². The van der Waals surface area contributed by atoms with Crippen LogP contribution in [0.15, 0.2) is 18.2 Å². The summed E-state index contributed by atoms with van der Waals surface area (Å²) in [6.07, 6.45) is 0.495. The van der Waals surface area contributed by atoms with Crippen molar-refractivity contribution in [2.45, 2.75) is 6.42 Å². The molecule has 1 rings (SSSR count). The van der Waals surface area contributed by atoms with Crippen molar-refractivity contribution in [1.82, 2.24) is 0 Å². The zero-order chi connectivity index (χ0) is 12.8. The number of ether oxygens (including phenoxy) is 2. The van der Waals surface area contributed by atoms with Gasteiger partial charge in [0, 0.05) is 0 Å². The SMILES string of the molecule is COC(=O)c1cccc(CCN)c1C(=O)OC.Cl. The van der Waals surface area contributed by atoms with E-state index in [-0.39, 0.29) is 23.5 Å². The molecule has 1 aromatic carbocycles. The van der Waals surface area contributed by atoms with Crippen LogP contribution in [0.2, 0.25) is 0 Å². The Balaban J connectivity index is 0.00000289. The van der Waals surface area contributed by atoms with Crippen molar-refractivity contribution in [2.24, 2.45) is 5.73 Å². The lowest BCUT2D eigenvalue weighted by atomic mass is 9.98. The molecule has 0 aliphatic rings. The fraction of sp³-hybridized carbons (Fsp3) is 0.333. The number of esters is 2. The van der Waals surface area contributed by atoms with E-state index in [1.165, 1.54) is 20.3 Å². The maximum Gasteiger partial charge on any atom is 0.339 e. The van der Waals surface area contributed by atoms with Gasteiger partial charge in [-0.25, -0.2) is 9.59 Å². The lowest BCUT2D eigenvalue weighted by Gasteiger charge is -2.11. The summed E-state index contributed by atoms with van der Waals surface area (Å²) in [5, 5.41) is 0. The van der Waals surface area contributed by atoms with Crippen LogP contribution in [0.1, 0.15) is 26.3 Å². The van der Waals surface area contributed by atoms with E-state index in [0.29, 0.717) is 18.5 Å². The van der Waals surface area contributed by atoms with Crippen LogP contribution in [-0.2, 0) is 15.9 Å². The first-order valence-corrected chi connectivity index (χ1v) is 5.14. The molecule has 6 heteroatoms. The Bertz CT molecular complexity index is 434. The topological polar surface area (TPSA) is 78.6 Å². The molecule has 0 fully saturated rings. The number of carbonyl (C=O) groups is 2. The highest BCUT2D eigenvalue weighted by Gasteiger charge is 2.21. The van der Waals surface area contributed by atoms with Crippen molar-refractivity contribution in [2.75, 3.05) is 20.8 Å². The third-order valence-electron chi connectivity index (χ3n) is 2.36. The van der Waals surface area contributed by atoms with E-state index >= 15 is 0 Å². The number of hydrogen-bond acceptors (Lipinski definition) is 5. The molecule has 0 aliphatic heterocycles. The summed E-state index contributed by atoms with van der Waals surface area (Å²) >= 11 is 0. The van der Waals surface area contributed by atoms with Gasteiger partial charge in [-0.05, 0) is 24.6 Å². The van der Waals surface area contributed by atoms with Crippen molar-refractivity contribution in [1.29, 1.82) is 0 Å². The van der Waals surface area contributed by atoms with Gasteiger partial charge in [-0.3, -0.25) is 0 Å². The number of rotatable bonds is 4. The second-order valence-corrected chi connectivity index (χ2v) is 3.36. The van der Waals surface area contributed by atoms with Gasteiger partial charge in [-0.15, -0.1) is 12.4 Å². The number of benzene rings is 1. The summed E-state index contributed by atoms with van der Waals surface area (Å²) in [6.45, 7) is 0.384.